The van der Waals surface area contributed by atoms with Gasteiger partial charge in [0, 0.05) is 11.8 Å². The fraction of sp³-hybridized carbons (Fsp3) is 0.552. The molecule has 0 saturated carbocycles. The van der Waals surface area contributed by atoms with Gasteiger partial charge in [0.2, 0.25) is 12.5 Å². The van der Waals surface area contributed by atoms with Crippen LogP contribution in [-0.2, 0) is 28.5 Å². The van der Waals surface area contributed by atoms with Gasteiger partial charge in [-0.3, -0.25) is 4.79 Å². The first kappa shape index (κ1) is 27.5. The molecule has 3 N–H and O–H groups in total. The molecular weight excluding hydrogens is 556 g/mol. The van der Waals surface area contributed by atoms with E-state index >= 15 is 0 Å². The molecule has 0 aromatic heterocycles. The molecule has 0 spiro atoms. The Morgan fingerprint density at radius 1 is 0.881 bits per heavy atom. The first-order chi connectivity index (χ1) is 20.3. The van der Waals surface area contributed by atoms with E-state index < -0.39 is 66.8 Å². The van der Waals surface area contributed by atoms with Crippen molar-refractivity contribution in [2.45, 2.75) is 55.9 Å². The number of esters is 1. The summed E-state index contributed by atoms with van der Waals surface area (Å²) in [4.78, 5) is 13.4. The van der Waals surface area contributed by atoms with Gasteiger partial charge in [-0.2, -0.15) is 0 Å². The molecule has 7 rings (SSSR count). The summed E-state index contributed by atoms with van der Waals surface area (Å²) < 4.78 is 51.5. The molecule has 42 heavy (non-hydrogen) atoms. The van der Waals surface area contributed by atoms with Crippen molar-refractivity contribution in [2.24, 2.45) is 11.8 Å². The van der Waals surface area contributed by atoms with Gasteiger partial charge in [-0.1, -0.05) is 0 Å². The minimum atomic E-state index is -1.44. The van der Waals surface area contributed by atoms with Gasteiger partial charge in [-0.05, 0) is 47.9 Å². The fourth-order valence-corrected chi connectivity index (χ4v) is 6.74. The topological polar surface area (TPSA) is 161 Å². The van der Waals surface area contributed by atoms with Crippen LogP contribution in [0.4, 0.5) is 0 Å². The average Bonchev–Trinajstić information content (AvgIpc) is 3.61. The lowest BCUT2D eigenvalue weighted by Crippen LogP contribution is -2.63. The molecular formula is C29H32O13. The van der Waals surface area contributed by atoms with E-state index in [0.29, 0.717) is 28.2 Å². The molecule has 0 amide bonds. The second kappa shape index (κ2) is 10.4. The summed E-state index contributed by atoms with van der Waals surface area (Å²) in [5.74, 6) is -1.02. The zero-order chi connectivity index (χ0) is 29.3. The van der Waals surface area contributed by atoms with E-state index in [0.717, 1.165) is 0 Å². The number of ether oxygens (including phenoxy) is 9. The Kier molecular flexibility index (Phi) is 6.83. The molecule has 13 heteroatoms. The van der Waals surface area contributed by atoms with Crippen LogP contribution < -0.4 is 18.9 Å². The second-order valence-electron chi connectivity index (χ2n) is 11.0. The molecule has 4 heterocycles. The van der Waals surface area contributed by atoms with Crippen LogP contribution in [0, 0.1) is 11.8 Å². The Labute approximate surface area is 240 Å². The SMILES string of the molecule is COc1cc(C2c3cc4c(cc3[C@@H](OC3OC5CO[C@@H](C)O[C@H]5C(O)[C@H]3O)[C@H]3COC(=O)C23)OCO4)cc(OC)c1O. The molecule has 2 aromatic rings. The number of phenolic OH excluding ortho intramolecular Hbond substituents is 1. The number of fused-ring (bicyclic) bond motifs is 4. The highest BCUT2D eigenvalue weighted by Gasteiger charge is 2.56. The monoisotopic (exact) mass is 588 g/mol. The maximum atomic E-state index is 13.4. The molecule has 226 valence electrons. The molecule has 4 aliphatic heterocycles. The highest BCUT2D eigenvalue weighted by Crippen LogP contribution is 2.57. The summed E-state index contributed by atoms with van der Waals surface area (Å²) in [6.45, 7) is 1.93. The Bertz CT molecular complexity index is 1350. The van der Waals surface area contributed by atoms with Crippen molar-refractivity contribution in [1.82, 2.24) is 0 Å². The number of methoxy groups -OCH3 is 2. The molecule has 3 saturated heterocycles. The molecule has 5 unspecified atom stereocenters. The predicted molar refractivity (Wildman–Crippen MR) is 138 cm³/mol. The number of benzene rings is 2. The first-order valence-electron chi connectivity index (χ1n) is 13.8. The van der Waals surface area contributed by atoms with Gasteiger partial charge in [0.1, 0.15) is 24.4 Å². The minimum absolute atomic E-state index is 0.0301. The third kappa shape index (κ3) is 4.26. The van der Waals surface area contributed by atoms with Crippen LogP contribution in [0.3, 0.4) is 0 Å². The van der Waals surface area contributed by atoms with E-state index in [2.05, 4.69) is 0 Å². The maximum absolute atomic E-state index is 13.4. The van der Waals surface area contributed by atoms with Crippen LogP contribution in [0.15, 0.2) is 24.3 Å². The van der Waals surface area contributed by atoms with E-state index in [1.54, 1.807) is 31.2 Å². The minimum Gasteiger partial charge on any atom is -0.502 e. The van der Waals surface area contributed by atoms with E-state index in [1.165, 1.54) is 14.2 Å². The molecule has 1 aliphatic carbocycles. The van der Waals surface area contributed by atoms with Gasteiger partial charge < -0.3 is 58.0 Å². The second-order valence-corrected chi connectivity index (χ2v) is 11.0. The summed E-state index contributed by atoms with van der Waals surface area (Å²) >= 11 is 0. The van der Waals surface area contributed by atoms with Crippen molar-refractivity contribution < 1.29 is 62.7 Å². The van der Waals surface area contributed by atoms with Gasteiger partial charge in [0.25, 0.3) is 0 Å². The van der Waals surface area contributed by atoms with Crippen LogP contribution >= 0.6 is 0 Å². The normalized spacial score (nSPS) is 36.5. The molecule has 0 bridgehead atoms. The van der Waals surface area contributed by atoms with Crippen LogP contribution in [0.1, 0.15) is 35.6 Å². The predicted octanol–water partition coefficient (Wildman–Crippen LogP) is 1.34. The summed E-state index contributed by atoms with van der Waals surface area (Å²) in [5, 5.41) is 32.5. The van der Waals surface area contributed by atoms with Crippen LogP contribution in [-0.4, -0.2) is 92.5 Å². The molecule has 13 nitrogen and oxygen atoms in total. The lowest BCUT2D eigenvalue weighted by atomic mass is 9.66. The first-order valence-corrected chi connectivity index (χ1v) is 13.8. The quantitative estimate of drug-likeness (QED) is 0.430. The zero-order valence-electron chi connectivity index (χ0n) is 23.1. The maximum Gasteiger partial charge on any atom is 0.310 e. The average molecular weight is 589 g/mol. The van der Waals surface area contributed by atoms with Gasteiger partial charge in [-0.25, -0.2) is 0 Å². The molecule has 2 aromatic carbocycles. The van der Waals surface area contributed by atoms with Crippen molar-refractivity contribution >= 4 is 5.97 Å². The largest absolute Gasteiger partial charge is 0.502 e. The molecule has 0 radical (unpaired) electrons. The number of carbonyl (C=O) groups is 1. The smallest absolute Gasteiger partial charge is 0.310 e. The third-order valence-corrected chi connectivity index (χ3v) is 8.75. The van der Waals surface area contributed by atoms with E-state index in [9.17, 15) is 20.1 Å². The van der Waals surface area contributed by atoms with Crippen molar-refractivity contribution in [3.8, 4) is 28.7 Å². The number of rotatable bonds is 5. The van der Waals surface area contributed by atoms with Gasteiger partial charge >= 0.3 is 5.97 Å². The van der Waals surface area contributed by atoms with Gasteiger partial charge in [-0.15, -0.1) is 0 Å². The lowest BCUT2D eigenvalue weighted by molar-refractivity contribution is -0.364. The lowest BCUT2D eigenvalue weighted by Gasteiger charge is -2.47. The van der Waals surface area contributed by atoms with Crippen molar-refractivity contribution in [1.29, 1.82) is 0 Å². The zero-order valence-corrected chi connectivity index (χ0v) is 23.1. The van der Waals surface area contributed by atoms with Crippen molar-refractivity contribution in [3.05, 3.63) is 41.0 Å². The van der Waals surface area contributed by atoms with E-state index in [1.807, 2.05) is 0 Å². The summed E-state index contributed by atoms with van der Waals surface area (Å²) in [6, 6.07) is 6.93. The molecule has 10 atom stereocenters. The van der Waals surface area contributed by atoms with E-state index in [-0.39, 0.29) is 37.3 Å². The summed E-state index contributed by atoms with van der Waals surface area (Å²) in [5.41, 5.74) is 2.01. The Hall–Kier alpha value is -3.33. The highest BCUT2D eigenvalue weighted by atomic mass is 16.8. The van der Waals surface area contributed by atoms with Gasteiger partial charge in [0.05, 0.1) is 39.5 Å². The van der Waals surface area contributed by atoms with Gasteiger partial charge in [0.15, 0.2) is 35.6 Å². The number of hydrogen-bond donors (Lipinski definition) is 3. The number of aliphatic hydroxyl groups is 2. The number of hydrogen-bond acceptors (Lipinski definition) is 13. The summed E-state index contributed by atoms with van der Waals surface area (Å²) in [7, 11) is 2.86. The fourth-order valence-electron chi connectivity index (χ4n) is 6.74. The third-order valence-electron chi connectivity index (χ3n) is 8.75. The summed E-state index contributed by atoms with van der Waals surface area (Å²) in [6.07, 6.45) is -6.80. The van der Waals surface area contributed by atoms with Crippen molar-refractivity contribution in [2.75, 3.05) is 34.2 Å². The van der Waals surface area contributed by atoms with Crippen LogP contribution in [0.25, 0.3) is 0 Å². The standard InChI is InChI=1S/C29H32O13/c1-11-36-9-20-27(40-11)24(31)25(32)29(41-20)42-26-14-7-17-16(38-10-39-17)6-13(14)21(22-15(26)8-37-28(22)33)12-4-18(34-2)23(30)19(5-12)35-3/h4-7,11,15,20-22,24-27,29-32H,8-10H2,1-3H3/t11-,15+,20?,21?,22?,24?,25-,26-,27-,29?/m1/s1. The Balaban J connectivity index is 1.32. The molecule has 5 aliphatic rings. The number of aliphatic hydroxyl groups excluding tert-OH is 2. The number of aromatic hydroxyl groups is 1. The van der Waals surface area contributed by atoms with Crippen LogP contribution in [0.2, 0.25) is 0 Å². The van der Waals surface area contributed by atoms with Crippen LogP contribution in [0.5, 0.6) is 28.7 Å². The molecule has 3 fully saturated rings. The Morgan fingerprint density at radius 3 is 2.26 bits per heavy atom. The van der Waals surface area contributed by atoms with E-state index in [4.69, 9.17) is 42.6 Å². The highest BCUT2D eigenvalue weighted by molar-refractivity contribution is 5.79. The number of cyclic esters (lactones) is 1. The van der Waals surface area contributed by atoms with Crippen molar-refractivity contribution in [3.63, 3.8) is 0 Å². The number of phenols is 1. The number of carbonyl (C=O) groups excluding carboxylic acids is 1. The Morgan fingerprint density at radius 2 is 1.57 bits per heavy atom.